The summed E-state index contributed by atoms with van der Waals surface area (Å²) in [5.41, 5.74) is 5.47. The highest BCUT2D eigenvalue weighted by Gasteiger charge is 2.30. The van der Waals surface area contributed by atoms with Crippen LogP contribution < -0.4 is 5.73 Å². The molecule has 0 bridgehead atoms. The normalized spacial score (nSPS) is 28.8. The van der Waals surface area contributed by atoms with Gasteiger partial charge >= 0.3 is 0 Å². The Morgan fingerprint density at radius 1 is 1.50 bits per heavy atom. The van der Waals surface area contributed by atoms with E-state index in [1.165, 1.54) is 25.3 Å². The summed E-state index contributed by atoms with van der Waals surface area (Å²) >= 11 is 0. The quantitative estimate of drug-likeness (QED) is 0.687. The fraction of sp³-hybridized carbons (Fsp3) is 1.00. The number of nitrogens with two attached hydrogens (primary N) is 1. The lowest BCUT2D eigenvalue weighted by Crippen LogP contribution is -2.39. The van der Waals surface area contributed by atoms with Crippen LogP contribution in [0.15, 0.2) is 0 Å². The number of rotatable bonds is 3. The van der Waals surface area contributed by atoms with Gasteiger partial charge in [0.1, 0.15) is 0 Å². The maximum absolute atomic E-state index is 6.06. The molecule has 1 unspecified atom stereocenters. The minimum atomic E-state index is -1.24. The summed E-state index contributed by atoms with van der Waals surface area (Å²) in [7, 11) is -1.24. The highest BCUT2D eigenvalue weighted by Crippen LogP contribution is 2.27. The molecule has 1 fully saturated rings. The van der Waals surface area contributed by atoms with Crippen LogP contribution in [0.4, 0.5) is 0 Å². The molecule has 1 aliphatic rings. The van der Waals surface area contributed by atoms with E-state index < -0.39 is 8.32 Å². The van der Waals surface area contributed by atoms with E-state index in [4.69, 9.17) is 10.2 Å². The van der Waals surface area contributed by atoms with Gasteiger partial charge in [0.15, 0.2) is 8.32 Å². The highest BCUT2D eigenvalue weighted by molar-refractivity contribution is 6.71. The Balaban J connectivity index is 2.26. The first-order valence-corrected chi connectivity index (χ1v) is 8.13. The minimum absolute atomic E-state index is 0.531. The monoisotopic (exact) mass is 187 g/mol. The van der Waals surface area contributed by atoms with Crippen molar-refractivity contribution in [2.75, 3.05) is 6.54 Å². The molecule has 1 heterocycles. The summed E-state index contributed by atoms with van der Waals surface area (Å²) in [6.07, 6.45) is 5.46. The summed E-state index contributed by atoms with van der Waals surface area (Å²) in [5, 5.41) is 0. The molecule has 0 spiro atoms. The Morgan fingerprint density at radius 2 is 2.25 bits per heavy atom. The van der Waals surface area contributed by atoms with Crippen molar-refractivity contribution in [1.82, 2.24) is 0 Å². The molecule has 0 radical (unpaired) electrons. The van der Waals surface area contributed by atoms with Gasteiger partial charge in [0, 0.05) is 6.10 Å². The van der Waals surface area contributed by atoms with Gasteiger partial charge in [0.25, 0.3) is 0 Å². The van der Waals surface area contributed by atoms with Crippen LogP contribution in [0.3, 0.4) is 0 Å². The van der Waals surface area contributed by atoms with Crippen molar-refractivity contribution in [3.05, 3.63) is 0 Å². The molecule has 0 aromatic carbocycles. The molecule has 1 rings (SSSR count). The lowest BCUT2D eigenvalue weighted by atomic mass is 10.1. The first kappa shape index (κ1) is 10.2. The summed E-state index contributed by atoms with van der Waals surface area (Å²) in [6.45, 7) is 5.45. The zero-order valence-corrected chi connectivity index (χ0v) is 9.31. The van der Waals surface area contributed by atoms with E-state index in [1.54, 1.807) is 0 Å². The maximum Gasteiger partial charge on any atom is 0.187 e. The van der Waals surface area contributed by atoms with E-state index in [1.807, 2.05) is 0 Å². The molecule has 2 nitrogen and oxygen atoms in total. The molecule has 1 saturated heterocycles. The van der Waals surface area contributed by atoms with E-state index >= 15 is 0 Å². The molecule has 1 aliphatic heterocycles. The Bertz CT molecular complexity index is 138. The predicted octanol–water partition coefficient (Wildman–Crippen LogP) is 2.11. The average molecular weight is 187 g/mol. The number of hydrogen-bond acceptors (Lipinski definition) is 2. The van der Waals surface area contributed by atoms with Crippen LogP contribution in [0.1, 0.15) is 25.7 Å². The van der Waals surface area contributed by atoms with Crippen molar-refractivity contribution < 1.29 is 4.43 Å². The summed E-state index contributed by atoms with van der Waals surface area (Å²) in [6, 6.07) is 1.34. The third-order valence-corrected chi connectivity index (χ3v) is 5.05. The van der Waals surface area contributed by atoms with Crippen LogP contribution in [0.5, 0.6) is 0 Å². The van der Waals surface area contributed by atoms with Gasteiger partial charge in [-0.2, -0.15) is 0 Å². The smallest absolute Gasteiger partial charge is 0.187 e. The fourth-order valence-electron chi connectivity index (χ4n) is 1.87. The van der Waals surface area contributed by atoms with Gasteiger partial charge in [-0.05, 0) is 44.9 Å². The summed E-state index contributed by atoms with van der Waals surface area (Å²) in [4.78, 5) is 0. The summed E-state index contributed by atoms with van der Waals surface area (Å²) in [5.74, 6) is 0. The largest absolute Gasteiger partial charge is 0.414 e. The SMILES string of the molecule is C[Si]1(C)CCCC(CCCN)O1. The van der Waals surface area contributed by atoms with E-state index in [0.29, 0.717) is 6.10 Å². The Morgan fingerprint density at radius 3 is 2.83 bits per heavy atom. The molecule has 0 aliphatic carbocycles. The average Bonchev–Trinajstić information content (AvgIpc) is 1.99. The zero-order valence-electron chi connectivity index (χ0n) is 8.31. The van der Waals surface area contributed by atoms with Crippen LogP contribution in [0, 0.1) is 0 Å². The van der Waals surface area contributed by atoms with Crippen molar-refractivity contribution in [2.45, 2.75) is 50.9 Å². The highest BCUT2D eigenvalue weighted by atomic mass is 28.4. The first-order valence-electron chi connectivity index (χ1n) is 5.02. The topological polar surface area (TPSA) is 35.2 Å². The van der Waals surface area contributed by atoms with Crippen LogP contribution >= 0.6 is 0 Å². The Labute approximate surface area is 76.6 Å². The predicted molar refractivity (Wildman–Crippen MR) is 54.7 cm³/mol. The molecule has 0 aromatic heterocycles. The van der Waals surface area contributed by atoms with Gasteiger partial charge in [-0.25, -0.2) is 0 Å². The van der Waals surface area contributed by atoms with E-state index in [2.05, 4.69) is 13.1 Å². The second kappa shape index (κ2) is 4.39. The second-order valence-electron chi connectivity index (χ2n) is 4.32. The lowest BCUT2D eigenvalue weighted by Gasteiger charge is -2.34. The standard InChI is InChI=1S/C9H21NOSi/c1-12(2)8-4-6-9(11-12)5-3-7-10/h9H,3-8,10H2,1-2H3. The van der Waals surface area contributed by atoms with Crippen LogP contribution in [-0.4, -0.2) is 21.0 Å². The van der Waals surface area contributed by atoms with Gasteiger partial charge in [0.05, 0.1) is 0 Å². The van der Waals surface area contributed by atoms with E-state index in [9.17, 15) is 0 Å². The van der Waals surface area contributed by atoms with Crippen molar-refractivity contribution in [3.63, 3.8) is 0 Å². The summed E-state index contributed by atoms with van der Waals surface area (Å²) < 4.78 is 6.06. The van der Waals surface area contributed by atoms with E-state index in [-0.39, 0.29) is 0 Å². The van der Waals surface area contributed by atoms with Crippen molar-refractivity contribution in [2.24, 2.45) is 5.73 Å². The van der Waals surface area contributed by atoms with Crippen LogP contribution in [0.2, 0.25) is 19.1 Å². The van der Waals surface area contributed by atoms with Crippen LogP contribution in [0.25, 0.3) is 0 Å². The molecule has 72 valence electrons. The molecule has 3 heteroatoms. The second-order valence-corrected chi connectivity index (χ2v) is 8.58. The molecule has 12 heavy (non-hydrogen) atoms. The van der Waals surface area contributed by atoms with Crippen molar-refractivity contribution in [3.8, 4) is 0 Å². The fourth-order valence-corrected chi connectivity index (χ4v) is 4.18. The lowest BCUT2D eigenvalue weighted by molar-refractivity contribution is 0.150. The number of hydrogen-bond donors (Lipinski definition) is 1. The third kappa shape index (κ3) is 3.25. The van der Waals surface area contributed by atoms with Gasteiger partial charge < -0.3 is 10.2 Å². The van der Waals surface area contributed by atoms with Gasteiger partial charge in [-0.3, -0.25) is 0 Å². The zero-order chi connectivity index (χ0) is 9.03. The maximum atomic E-state index is 6.06. The molecule has 2 N–H and O–H groups in total. The molecule has 0 amide bonds. The van der Waals surface area contributed by atoms with Gasteiger partial charge in [-0.1, -0.05) is 6.42 Å². The van der Waals surface area contributed by atoms with Crippen LogP contribution in [-0.2, 0) is 4.43 Å². The Hall–Kier alpha value is 0.137. The van der Waals surface area contributed by atoms with Crippen molar-refractivity contribution in [1.29, 1.82) is 0 Å². The molecular formula is C9H21NOSi. The molecule has 1 atom stereocenters. The molecular weight excluding hydrogens is 166 g/mol. The minimum Gasteiger partial charge on any atom is -0.414 e. The van der Waals surface area contributed by atoms with Gasteiger partial charge in [-0.15, -0.1) is 0 Å². The first-order chi connectivity index (χ1) is 5.64. The molecule has 0 aromatic rings. The third-order valence-electron chi connectivity index (χ3n) is 2.52. The van der Waals surface area contributed by atoms with Crippen molar-refractivity contribution >= 4 is 8.32 Å². The van der Waals surface area contributed by atoms with Gasteiger partial charge in [0.2, 0.25) is 0 Å². The Kier molecular flexibility index (Phi) is 3.74. The molecule has 0 saturated carbocycles. The van der Waals surface area contributed by atoms with E-state index in [0.717, 1.165) is 13.0 Å².